The summed E-state index contributed by atoms with van der Waals surface area (Å²) in [5.74, 6) is 0.633. The maximum Gasteiger partial charge on any atom is 0.274 e. The van der Waals surface area contributed by atoms with E-state index < -0.39 is 0 Å². The van der Waals surface area contributed by atoms with Gasteiger partial charge in [0.15, 0.2) is 5.69 Å². The van der Waals surface area contributed by atoms with E-state index in [4.69, 9.17) is 4.74 Å². The third kappa shape index (κ3) is 4.58. The van der Waals surface area contributed by atoms with Gasteiger partial charge < -0.3 is 10.1 Å². The number of carbonyl (C=O) groups excluding carboxylic acids is 1. The molecule has 1 aliphatic rings. The topological polar surface area (TPSA) is 81.9 Å². The molecule has 1 aliphatic carbocycles. The fourth-order valence-corrected chi connectivity index (χ4v) is 4.35. The molecule has 0 saturated heterocycles. The number of amides is 1. The first-order chi connectivity index (χ1) is 16.2. The van der Waals surface area contributed by atoms with Crippen LogP contribution in [0.25, 0.3) is 16.6 Å². The summed E-state index contributed by atoms with van der Waals surface area (Å²) in [5.41, 5.74) is 3.59. The van der Waals surface area contributed by atoms with E-state index >= 15 is 0 Å². The summed E-state index contributed by atoms with van der Waals surface area (Å²) in [6.45, 7) is 2.25. The summed E-state index contributed by atoms with van der Waals surface area (Å²) < 4.78 is 7.75. The minimum atomic E-state index is -0.255. The Bertz CT molecular complexity index is 1250. The van der Waals surface area contributed by atoms with E-state index in [2.05, 4.69) is 20.6 Å². The summed E-state index contributed by atoms with van der Waals surface area (Å²) in [5, 5.41) is 12.3. The fourth-order valence-electron chi connectivity index (χ4n) is 4.35. The van der Waals surface area contributed by atoms with Crippen LogP contribution in [0.2, 0.25) is 0 Å². The normalized spacial score (nSPS) is 14.3. The summed E-state index contributed by atoms with van der Waals surface area (Å²) in [6.07, 6.45) is 8.14. The van der Waals surface area contributed by atoms with Gasteiger partial charge in [0.1, 0.15) is 5.75 Å². The first-order valence-corrected chi connectivity index (χ1v) is 11.5. The SMILES string of the molecule is Cc1c(C(=O)NCc2ccc(OC3CCCCC3)cc2)nnn1-c1cccc2cccnc12. The second-order valence-corrected chi connectivity index (χ2v) is 8.49. The van der Waals surface area contributed by atoms with Crippen molar-refractivity contribution >= 4 is 16.8 Å². The van der Waals surface area contributed by atoms with Crippen molar-refractivity contribution in [1.29, 1.82) is 0 Å². The maximum atomic E-state index is 12.8. The third-order valence-electron chi connectivity index (χ3n) is 6.18. The number of pyridine rings is 1. The van der Waals surface area contributed by atoms with E-state index in [0.717, 1.165) is 40.7 Å². The third-order valence-corrected chi connectivity index (χ3v) is 6.18. The molecule has 1 saturated carbocycles. The number of carbonyl (C=O) groups is 1. The fraction of sp³-hybridized carbons (Fsp3) is 0.308. The molecular weight excluding hydrogens is 414 g/mol. The standard InChI is InChI=1S/C26H27N5O2/c1-18-24(29-30-31(18)23-11-5-7-20-8-6-16-27-25(20)23)26(32)28-17-19-12-14-22(15-13-19)33-21-9-3-2-4-10-21/h5-8,11-16,21H,2-4,9-10,17H2,1H3,(H,28,32). The predicted octanol–water partition coefficient (Wildman–Crippen LogP) is 4.77. The van der Waals surface area contributed by atoms with Crippen molar-refractivity contribution in [2.75, 3.05) is 0 Å². The van der Waals surface area contributed by atoms with Gasteiger partial charge in [0.25, 0.3) is 5.91 Å². The molecule has 4 aromatic rings. The van der Waals surface area contributed by atoms with Gasteiger partial charge in [-0.15, -0.1) is 5.10 Å². The average molecular weight is 442 g/mol. The lowest BCUT2D eigenvalue weighted by atomic mass is 9.98. The van der Waals surface area contributed by atoms with Gasteiger partial charge in [0.2, 0.25) is 0 Å². The lowest BCUT2D eigenvalue weighted by Crippen LogP contribution is -2.24. The average Bonchev–Trinajstić information content (AvgIpc) is 3.25. The second kappa shape index (κ2) is 9.40. The molecule has 1 N–H and O–H groups in total. The number of para-hydroxylation sites is 1. The molecule has 0 spiro atoms. The molecule has 33 heavy (non-hydrogen) atoms. The van der Waals surface area contributed by atoms with Crippen molar-refractivity contribution < 1.29 is 9.53 Å². The number of ether oxygens (including phenoxy) is 1. The van der Waals surface area contributed by atoms with Crippen molar-refractivity contribution in [3.05, 3.63) is 77.7 Å². The van der Waals surface area contributed by atoms with Crippen LogP contribution in [0.1, 0.15) is 53.8 Å². The molecule has 7 heteroatoms. The Hall–Kier alpha value is -3.74. The quantitative estimate of drug-likeness (QED) is 0.466. The molecule has 0 bridgehead atoms. The molecule has 0 aliphatic heterocycles. The van der Waals surface area contributed by atoms with E-state index in [1.54, 1.807) is 10.9 Å². The van der Waals surface area contributed by atoms with Crippen LogP contribution >= 0.6 is 0 Å². The molecule has 2 aromatic heterocycles. The van der Waals surface area contributed by atoms with E-state index in [0.29, 0.717) is 24.0 Å². The molecule has 5 rings (SSSR count). The highest BCUT2D eigenvalue weighted by Crippen LogP contribution is 2.24. The van der Waals surface area contributed by atoms with Gasteiger partial charge >= 0.3 is 0 Å². The Morgan fingerprint density at radius 1 is 1.06 bits per heavy atom. The highest BCUT2D eigenvalue weighted by molar-refractivity contribution is 5.93. The van der Waals surface area contributed by atoms with Gasteiger partial charge in [-0.05, 0) is 62.4 Å². The Balaban J connectivity index is 1.25. The molecule has 1 amide bonds. The van der Waals surface area contributed by atoms with Crippen molar-refractivity contribution in [1.82, 2.24) is 25.3 Å². The zero-order valence-corrected chi connectivity index (χ0v) is 18.7. The van der Waals surface area contributed by atoms with E-state index in [1.807, 2.05) is 61.5 Å². The lowest BCUT2D eigenvalue weighted by molar-refractivity contribution is 0.0945. The summed E-state index contributed by atoms with van der Waals surface area (Å²) in [7, 11) is 0. The molecule has 1 fully saturated rings. The Kier molecular flexibility index (Phi) is 6.02. The Morgan fingerprint density at radius 2 is 1.85 bits per heavy atom. The minimum absolute atomic E-state index is 0.255. The summed E-state index contributed by atoms with van der Waals surface area (Å²) in [4.78, 5) is 17.3. The first kappa shape index (κ1) is 21.1. The molecule has 2 aromatic carbocycles. The van der Waals surface area contributed by atoms with Crippen LogP contribution in [0.5, 0.6) is 5.75 Å². The smallest absolute Gasteiger partial charge is 0.274 e. The molecule has 0 unspecified atom stereocenters. The van der Waals surface area contributed by atoms with E-state index in [1.165, 1.54) is 19.3 Å². The van der Waals surface area contributed by atoms with Crippen LogP contribution < -0.4 is 10.1 Å². The van der Waals surface area contributed by atoms with Crippen LogP contribution in [0, 0.1) is 6.92 Å². The van der Waals surface area contributed by atoms with Gasteiger partial charge in [-0.3, -0.25) is 9.78 Å². The Morgan fingerprint density at radius 3 is 2.67 bits per heavy atom. The number of nitrogens with zero attached hydrogens (tertiary/aromatic N) is 4. The van der Waals surface area contributed by atoms with Gasteiger partial charge in [-0.1, -0.05) is 42.0 Å². The van der Waals surface area contributed by atoms with Gasteiger partial charge in [0.05, 0.1) is 23.0 Å². The first-order valence-electron chi connectivity index (χ1n) is 11.5. The van der Waals surface area contributed by atoms with Crippen molar-refractivity contribution in [3.8, 4) is 11.4 Å². The van der Waals surface area contributed by atoms with Gasteiger partial charge in [-0.25, -0.2) is 4.68 Å². The number of fused-ring (bicyclic) bond motifs is 1. The molecular formula is C26H27N5O2. The van der Waals surface area contributed by atoms with E-state index in [-0.39, 0.29) is 5.91 Å². The highest BCUT2D eigenvalue weighted by Gasteiger charge is 2.19. The number of rotatable bonds is 6. The van der Waals surface area contributed by atoms with Gasteiger partial charge in [-0.2, -0.15) is 0 Å². The zero-order valence-electron chi connectivity index (χ0n) is 18.7. The predicted molar refractivity (Wildman–Crippen MR) is 127 cm³/mol. The van der Waals surface area contributed by atoms with Crippen molar-refractivity contribution in [2.24, 2.45) is 0 Å². The zero-order chi connectivity index (χ0) is 22.6. The largest absolute Gasteiger partial charge is 0.490 e. The van der Waals surface area contributed by atoms with Crippen LogP contribution in [0.4, 0.5) is 0 Å². The highest BCUT2D eigenvalue weighted by atomic mass is 16.5. The van der Waals surface area contributed by atoms with Crippen molar-refractivity contribution in [3.63, 3.8) is 0 Å². The number of hydrogen-bond acceptors (Lipinski definition) is 5. The van der Waals surface area contributed by atoms with E-state index in [9.17, 15) is 4.79 Å². The lowest BCUT2D eigenvalue weighted by Gasteiger charge is -2.23. The van der Waals surface area contributed by atoms with Crippen LogP contribution in [-0.2, 0) is 6.54 Å². The van der Waals surface area contributed by atoms with Crippen molar-refractivity contribution in [2.45, 2.75) is 51.7 Å². The number of nitrogens with one attached hydrogen (secondary N) is 1. The molecule has 0 radical (unpaired) electrons. The number of aromatic nitrogens is 4. The van der Waals surface area contributed by atoms with Gasteiger partial charge in [0, 0.05) is 18.1 Å². The number of benzene rings is 2. The molecule has 168 valence electrons. The van der Waals surface area contributed by atoms with Crippen LogP contribution in [0.15, 0.2) is 60.8 Å². The molecule has 0 atom stereocenters. The minimum Gasteiger partial charge on any atom is -0.490 e. The summed E-state index contributed by atoms with van der Waals surface area (Å²) >= 11 is 0. The maximum absolute atomic E-state index is 12.8. The monoisotopic (exact) mass is 441 g/mol. The summed E-state index contributed by atoms with van der Waals surface area (Å²) in [6, 6.07) is 17.7. The molecule has 7 nitrogen and oxygen atoms in total. The second-order valence-electron chi connectivity index (χ2n) is 8.49. The molecule has 2 heterocycles. The van der Waals surface area contributed by atoms with Crippen LogP contribution in [0.3, 0.4) is 0 Å². The Labute approximate surface area is 192 Å². The van der Waals surface area contributed by atoms with Crippen LogP contribution in [-0.4, -0.2) is 32.0 Å². The number of hydrogen-bond donors (Lipinski definition) is 1.